The smallest absolute Gasteiger partial charge is 0.338 e. The molecule has 0 amide bonds. The minimum absolute atomic E-state index is 0.355. The third-order valence-electron chi connectivity index (χ3n) is 3.62. The highest BCUT2D eigenvalue weighted by atomic mass is 16.5. The molecule has 0 aliphatic rings. The third-order valence-corrected chi connectivity index (χ3v) is 3.62. The molecule has 0 fully saturated rings. The second kappa shape index (κ2) is 5.98. The highest BCUT2D eigenvalue weighted by Gasteiger charge is 2.35. The predicted octanol–water partition coefficient (Wildman–Crippen LogP) is 1.59. The van der Waals surface area contributed by atoms with Crippen molar-refractivity contribution in [1.82, 2.24) is 0 Å². The van der Waals surface area contributed by atoms with Gasteiger partial charge in [-0.3, -0.25) is 0 Å². The zero-order chi connectivity index (χ0) is 15.6. The van der Waals surface area contributed by atoms with Gasteiger partial charge in [0.15, 0.2) is 0 Å². The van der Waals surface area contributed by atoms with Crippen molar-refractivity contribution in [1.29, 1.82) is 0 Å². The second-order valence-corrected chi connectivity index (χ2v) is 5.87. The molecule has 5 heteroatoms. The van der Waals surface area contributed by atoms with Crippen LogP contribution in [0.2, 0.25) is 0 Å². The van der Waals surface area contributed by atoms with Crippen molar-refractivity contribution in [2.24, 2.45) is 0 Å². The molecule has 0 heterocycles. The molecule has 1 aromatic carbocycles. The van der Waals surface area contributed by atoms with Crippen LogP contribution >= 0.6 is 0 Å². The van der Waals surface area contributed by atoms with Crippen LogP contribution in [-0.2, 0) is 9.39 Å². The van der Waals surface area contributed by atoms with Gasteiger partial charge in [-0.1, -0.05) is 17.6 Å². The summed E-state index contributed by atoms with van der Waals surface area (Å²) in [5.41, 5.74) is 0.487. The molecule has 0 aromatic heterocycles. The lowest BCUT2D eigenvalue weighted by molar-refractivity contribution is -0.0893. The summed E-state index contributed by atoms with van der Waals surface area (Å²) in [4.78, 5) is 11.5. The molecule has 1 rings (SSSR count). The van der Waals surface area contributed by atoms with Crippen LogP contribution in [0.4, 0.5) is 0 Å². The predicted molar refractivity (Wildman–Crippen MR) is 79.4 cm³/mol. The van der Waals surface area contributed by atoms with Gasteiger partial charge in [-0.25, -0.2) is 4.79 Å². The summed E-state index contributed by atoms with van der Waals surface area (Å²) in [5, 5.41) is 10.0. The maximum absolute atomic E-state index is 11.5. The van der Waals surface area contributed by atoms with Crippen molar-refractivity contribution in [3.05, 3.63) is 29.3 Å². The first-order valence-corrected chi connectivity index (χ1v) is 6.51. The van der Waals surface area contributed by atoms with Crippen LogP contribution in [0.1, 0.15) is 43.6 Å². The quantitative estimate of drug-likeness (QED) is 0.656. The molecule has 0 saturated carbocycles. The lowest BCUT2D eigenvalue weighted by atomic mass is 9.81. The van der Waals surface area contributed by atoms with Gasteiger partial charge in [0.2, 0.25) is 0 Å². The molecular weight excluding hydrogens is 255 g/mol. The normalized spacial score (nSPS) is 12.2. The van der Waals surface area contributed by atoms with E-state index in [1.807, 2.05) is 26.8 Å². The Morgan fingerprint density at radius 2 is 1.85 bits per heavy atom. The van der Waals surface area contributed by atoms with Gasteiger partial charge >= 0.3 is 13.5 Å². The van der Waals surface area contributed by atoms with Crippen molar-refractivity contribution >= 4 is 18.9 Å². The second-order valence-electron chi connectivity index (χ2n) is 5.87. The Balaban J connectivity index is 2.81. The topological polar surface area (TPSA) is 55.8 Å². The van der Waals surface area contributed by atoms with Crippen molar-refractivity contribution in [3.63, 3.8) is 0 Å². The van der Waals surface area contributed by atoms with E-state index in [0.29, 0.717) is 5.56 Å². The largest absolute Gasteiger partial charge is 0.465 e. The Bertz CT molecular complexity index is 489. The molecule has 0 aliphatic heterocycles. The number of carbonyl (C=O) groups excluding carboxylic acids is 1. The van der Waals surface area contributed by atoms with Gasteiger partial charge in [0, 0.05) is 0 Å². The number of esters is 1. The van der Waals surface area contributed by atoms with Crippen LogP contribution < -0.4 is 5.46 Å². The number of aliphatic hydroxyl groups is 1. The van der Waals surface area contributed by atoms with E-state index < -0.39 is 11.2 Å². The van der Waals surface area contributed by atoms with E-state index in [1.165, 1.54) is 7.11 Å². The molecule has 4 nitrogen and oxygen atoms in total. The highest BCUT2D eigenvalue weighted by Crippen LogP contribution is 2.24. The fourth-order valence-corrected chi connectivity index (χ4v) is 1.46. The van der Waals surface area contributed by atoms with E-state index in [4.69, 9.17) is 9.39 Å². The first kappa shape index (κ1) is 16.7. The van der Waals surface area contributed by atoms with E-state index in [0.717, 1.165) is 11.0 Å². The summed E-state index contributed by atoms with van der Waals surface area (Å²) in [6, 6.07) is 5.32. The van der Waals surface area contributed by atoms with E-state index in [9.17, 15) is 9.90 Å². The number of methoxy groups -OCH3 is 1. The van der Waals surface area contributed by atoms with Crippen molar-refractivity contribution in [2.75, 3.05) is 7.11 Å². The first-order chi connectivity index (χ1) is 9.08. The van der Waals surface area contributed by atoms with Gasteiger partial charge < -0.3 is 14.5 Å². The number of ether oxygens (including phenoxy) is 1. The Hall–Kier alpha value is -1.33. The lowest BCUT2D eigenvalue weighted by Gasteiger charge is -2.37. The summed E-state index contributed by atoms with van der Waals surface area (Å²) in [6.07, 6.45) is 0. The summed E-state index contributed by atoms with van der Waals surface area (Å²) in [6.45, 7) is 8.88. The third kappa shape index (κ3) is 3.84. The monoisotopic (exact) mass is 277 g/mol. The SMILES string of the molecule is COC(=O)c1ccc([B]OC(C)(C)C(C)(C)O)cc1C. The lowest BCUT2D eigenvalue weighted by Crippen LogP contribution is -2.49. The molecule has 20 heavy (non-hydrogen) atoms. The zero-order valence-electron chi connectivity index (χ0n) is 13.0. The van der Waals surface area contributed by atoms with Crippen LogP contribution in [0.25, 0.3) is 0 Å². The molecule has 1 aromatic rings. The molecule has 0 atom stereocenters. The Kier molecular flexibility index (Phi) is 5.00. The molecule has 1 N–H and O–H groups in total. The summed E-state index contributed by atoms with van der Waals surface area (Å²) < 4.78 is 10.4. The molecule has 0 bridgehead atoms. The van der Waals surface area contributed by atoms with Crippen molar-refractivity contribution in [3.8, 4) is 0 Å². The number of benzene rings is 1. The fraction of sp³-hybridized carbons (Fsp3) is 0.533. The Morgan fingerprint density at radius 1 is 1.25 bits per heavy atom. The average molecular weight is 277 g/mol. The molecule has 0 spiro atoms. The van der Waals surface area contributed by atoms with Crippen LogP contribution in [0.3, 0.4) is 0 Å². The van der Waals surface area contributed by atoms with Gasteiger partial charge in [-0.2, -0.15) is 0 Å². The Morgan fingerprint density at radius 3 is 2.30 bits per heavy atom. The maximum Gasteiger partial charge on any atom is 0.338 e. The van der Waals surface area contributed by atoms with Gasteiger partial charge in [-0.05, 0) is 46.2 Å². The minimum Gasteiger partial charge on any atom is -0.465 e. The van der Waals surface area contributed by atoms with Crippen LogP contribution in [0.15, 0.2) is 18.2 Å². The summed E-state index contributed by atoms with van der Waals surface area (Å²) in [5.74, 6) is -0.355. The summed E-state index contributed by atoms with van der Waals surface area (Å²) >= 11 is 0. The van der Waals surface area contributed by atoms with Crippen LogP contribution in [0.5, 0.6) is 0 Å². The number of hydrogen-bond donors (Lipinski definition) is 1. The van der Waals surface area contributed by atoms with Gasteiger partial charge in [0.25, 0.3) is 0 Å². The maximum atomic E-state index is 11.5. The molecule has 0 unspecified atom stereocenters. The van der Waals surface area contributed by atoms with E-state index >= 15 is 0 Å². The first-order valence-electron chi connectivity index (χ1n) is 6.51. The standard InChI is InChI=1S/C15H22BO4/c1-10-9-11(7-8-12(10)13(17)19-6)16-20-15(4,5)14(2,3)18/h7-9,18H,1-6H3. The van der Waals surface area contributed by atoms with E-state index in [2.05, 4.69) is 0 Å². The van der Waals surface area contributed by atoms with Crippen molar-refractivity contribution < 1.29 is 19.3 Å². The number of carbonyl (C=O) groups is 1. The van der Waals surface area contributed by atoms with Crippen molar-refractivity contribution in [2.45, 2.75) is 45.8 Å². The molecule has 0 saturated heterocycles. The minimum atomic E-state index is -0.968. The number of aryl methyl sites for hydroxylation is 1. The number of hydrogen-bond acceptors (Lipinski definition) is 4. The fourth-order valence-electron chi connectivity index (χ4n) is 1.46. The van der Waals surface area contributed by atoms with E-state index in [1.54, 1.807) is 33.5 Å². The Labute approximate surface area is 121 Å². The van der Waals surface area contributed by atoms with E-state index in [-0.39, 0.29) is 5.97 Å². The zero-order valence-corrected chi connectivity index (χ0v) is 13.0. The van der Waals surface area contributed by atoms with Gasteiger partial charge in [-0.15, -0.1) is 0 Å². The highest BCUT2D eigenvalue weighted by molar-refractivity contribution is 6.47. The molecular formula is C15H22BO4. The van der Waals surface area contributed by atoms with Crippen LogP contribution in [-0.4, -0.2) is 36.9 Å². The average Bonchev–Trinajstić information content (AvgIpc) is 2.34. The number of rotatable bonds is 5. The molecule has 109 valence electrons. The van der Waals surface area contributed by atoms with Gasteiger partial charge in [0.1, 0.15) is 0 Å². The van der Waals surface area contributed by atoms with Crippen LogP contribution in [0, 0.1) is 6.92 Å². The van der Waals surface area contributed by atoms with Gasteiger partial charge in [0.05, 0.1) is 23.9 Å². The summed E-state index contributed by atoms with van der Waals surface area (Å²) in [7, 11) is 2.95. The molecule has 0 aliphatic carbocycles. The molecule has 1 radical (unpaired) electrons.